The van der Waals surface area contributed by atoms with Crippen molar-refractivity contribution in [2.75, 3.05) is 7.11 Å². The summed E-state index contributed by atoms with van der Waals surface area (Å²) in [6.45, 7) is 0. The van der Waals surface area contributed by atoms with Gasteiger partial charge in [0, 0.05) is 23.2 Å². The van der Waals surface area contributed by atoms with Gasteiger partial charge in [0.05, 0.1) is 13.5 Å². The topological polar surface area (TPSA) is 66.5 Å². The number of Topliss-reactive ketones (excluding diaryl/α,β-unsaturated/α-hetero) is 1. The summed E-state index contributed by atoms with van der Waals surface area (Å²) in [5.74, 6) is 0.527. The molecule has 0 amide bonds. The lowest BCUT2D eigenvalue weighted by Gasteiger charge is -2.32. The van der Waals surface area contributed by atoms with E-state index in [1.165, 1.54) is 11.3 Å². The van der Waals surface area contributed by atoms with Crippen LogP contribution in [-0.4, -0.2) is 28.1 Å². The molecule has 4 rings (SSSR count). The summed E-state index contributed by atoms with van der Waals surface area (Å²) in [6.07, 6.45) is 3.52. The molecule has 8 heteroatoms. The van der Waals surface area contributed by atoms with Crippen molar-refractivity contribution in [1.29, 1.82) is 0 Å². The van der Waals surface area contributed by atoms with Gasteiger partial charge in [-0.2, -0.15) is 4.57 Å². The Morgan fingerprint density at radius 1 is 1.30 bits per heavy atom. The number of hydrogen-bond acceptors (Lipinski definition) is 6. The second-order valence-electron chi connectivity index (χ2n) is 6.18. The molecule has 1 aliphatic rings. The highest BCUT2D eigenvalue weighted by Gasteiger charge is 2.46. The zero-order valence-electron chi connectivity index (χ0n) is 14.4. The van der Waals surface area contributed by atoms with Gasteiger partial charge in [0.2, 0.25) is 6.17 Å². The number of methoxy groups -OCH3 is 1. The Bertz CT molecular complexity index is 976. The Labute approximate surface area is 165 Å². The molecule has 0 spiro atoms. The third kappa shape index (κ3) is 3.35. The predicted molar refractivity (Wildman–Crippen MR) is 100 cm³/mol. The van der Waals surface area contributed by atoms with E-state index >= 15 is 0 Å². The second kappa shape index (κ2) is 7.36. The lowest BCUT2D eigenvalue weighted by atomic mass is 9.96. The molecular formula is C19H17ClN3O3S+. The van der Waals surface area contributed by atoms with Crippen LogP contribution in [0.4, 0.5) is 0 Å². The summed E-state index contributed by atoms with van der Waals surface area (Å²) in [6, 6.07) is 11.8. The van der Waals surface area contributed by atoms with Crippen LogP contribution in [0.3, 0.4) is 0 Å². The lowest BCUT2D eigenvalue weighted by molar-refractivity contribution is -0.764. The number of carbonyl (C=O) groups is 1. The fourth-order valence-electron chi connectivity index (χ4n) is 3.32. The minimum absolute atomic E-state index is 0.165. The van der Waals surface area contributed by atoms with Gasteiger partial charge in [-0.05, 0) is 23.8 Å². The van der Waals surface area contributed by atoms with E-state index in [1.54, 1.807) is 54.4 Å². The summed E-state index contributed by atoms with van der Waals surface area (Å²) in [7, 11) is 1.59. The zero-order valence-corrected chi connectivity index (χ0v) is 16.0. The monoisotopic (exact) mass is 402 g/mol. The smallest absolute Gasteiger partial charge is 0.252 e. The van der Waals surface area contributed by atoms with E-state index in [1.807, 2.05) is 12.1 Å². The first-order valence-electron chi connectivity index (χ1n) is 8.34. The number of hydrogen-bond donors (Lipinski definition) is 1. The highest BCUT2D eigenvalue weighted by atomic mass is 35.5. The number of pyridine rings is 1. The molecule has 2 aromatic heterocycles. The first-order valence-corrected chi connectivity index (χ1v) is 9.53. The van der Waals surface area contributed by atoms with Crippen LogP contribution in [-0.2, 0) is 6.42 Å². The average Bonchev–Trinajstić information content (AvgIpc) is 3.11. The van der Waals surface area contributed by atoms with Gasteiger partial charge < -0.3 is 9.94 Å². The van der Waals surface area contributed by atoms with Gasteiger partial charge in [-0.15, -0.1) is 16.4 Å². The Morgan fingerprint density at radius 3 is 2.74 bits per heavy atom. The standard InChI is InChI=1S/C19H17ClN3O3S/c1-26-13-7-5-12(6-8-13)17-18(24)15-4-2-3-9-22(15)16(23(17)25)10-14-11-21-19(20)27-14/h2-9,11,16-17,25H,10H2,1H3/q+1. The SMILES string of the molecule is COc1ccc(C2C(=O)c3cccc[n+]3C(Cc3cnc(Cl)s3)N2O)cc1. The number of rotatable bonds is 4. The van der Waals surface area contributed by atoms with Crippen molar-refractivity contribution < 1.29 is 19.3 Å². The van der Waals surface area contributed by atoms with Crippen molar-refractivity contribution >= 4 is 28.7 Å². The van der Waals surface area contributed by atoms with Gasteiger partial charge in [0.1, 0.15) is 11.8 Å². The molecule has 3 heterocycles. The number of nitrogens with zero attached hydrogens (tertiary/aromatic N) is 3. The third-order valence-electron chi connectivity index (χ3n) is 4.62. The van der Waals surface area contributed by atoms with E-state index < -0.39 is 12.2 Å². The number of fused-ring (bicyclic) bond motifs is 1. The maximum Gasteiger partial charge on any atom is 0.252 e. The summed E-state index contributed by atoms with van der Waals surface area (Å²) in [4.78, 5) is 18.1. The van der Waals surface area contributed by atoms with Crippen LogP contribution in [0.5, 0.6) is 5.75 Å². The normalized spacial score (nSPS) is 19.7. The number of halogens is 1. The Morgan fingerprint density at radius 2 is 2.07 bits per heavy atom. The summed E-state index contributed by atoms with van der Waals surface area (Å²) >= 11 is 7.31. The van der Waals surface area contributed by atoms with Gasteiger partial charge in [0.25, 0.3) is 11.5 Å². The molecule has 2 unspecified atom stereocenters. The second-order valence-corrected chi connectivity index (χ2v) is 7.87. The molecule has 27 heavy (non-hydrogen) atoms. The van der Waals surface area contributed by atoms with Gasteiger partial charge >= 0.3 is 0 Å². The number of thiazole rings is 1. The van der Waals surface area contributed by atoms with Crippen molar-refractivity contribution in [3.05, 3.63) is 75.5 Å². The van der Waals surface area contributed by atoms with Crippen molar-refractivity contribution in [2.45, 2.75) is 18.6 Å². The maximum absolute atomic E-state index is 13.1. The molecule has 2 atom stereocenters. The number of hydroxylamine groups is 2. The van der Waals surface area contributed by atoms with Crippen LogP contribution >= 0.6 is 22.9 Å². The number of aromatic nitrogens is 2. The minimum atomic E-state index is -0.799. The zero-order chi connectivity index (χ0) is 19.0. The van der Waals surface area contributed by atoms with Crippen LogP contribution in [0.2, 0.25) is 4.47 Å². The van der Waals surface area contributed by atoms with E-state index in [-0.39, 0.29) is 5.78 Å². The van der Waals surface area contributed by atoms with Gasteiger partial charge in [0.15, 0.2) is 10.7 Å². The van der Waals surface area contributed by atoms with E-state index in [0.717, 1.165) is 9.94 Å². The number of carbonyl (C=O) groups excluding carboxylic acids is 1. The van der Waals surface area contributed by atoms with Crippen molar-refractivity contribution in [3.63, 3.8) is 0 Å². The highest BCUT2D eigenvalue weighted by Crippen LogP contribution is 2.33. The molecule has 0 saturated carbocycles. The Balaban J connectivity index is 1.76. The van der Waals surface area contributed by atoms with Crippen molar-refractivity contribution in [2.24, 2.45) is 0 Å². The number of ketones is 1. The maximum atomic E-state index is 13.1. The Hall–Kier alpha value is -2.32. The summed E-state index contributed by atoms with van der Waals surface area (Å²) < 4.78 is 7.42. The van der Waals surface area contributed by atoms with E-state index in [4.69, 9.17) is 16.3 Å². The fraction of sp³-hybridized carbons (Fsp3) is 0.211. The van der Waals surface area contributed by atoms with Crippen molar-refractivity contribution in [3.8, 4) is 5.75 Å². The van der Waals surface area contributed by atoms with Gasteiger partial charge in [-0.1, -0.05) is 23.7 Å². The predicted octanol–water partition coefficient (Wildman–Crippen LogP) is 3.46. The van der Waals surface area contributed by atoms with Crippen LogP contribution in [0.25, 0.3) is 0 Å². The van der Waals surface area contributed by atoms with E-state index in [9.17, 15) is 10.0 Å². The summed E-state index contributed by atoms with van der Waals surface area (Å²) in [5, 5.41) is 12.1. The van der Waals surface area contributed by atoms with E-state index in [0.29, 0.717) is 27.9 Å². The summed E-state index contributed by atoms with van der Waals surface area (Å²) in [5.41, 5.74) is 1.25. The number of ether oxygens (including phenoxy) is 1. The van der Waals surface area contributed by atoms with Crippen molar-refractivity contribution in [1.82, 2.24) is 10.0 Å². The molecule has 3 aromatic rings. The molecule has 0 radical (unpaired) electrons. The van der Waals surface area contributed by atoms with Crippen LogP contribution in [0.15, 0.2) is 54.9 Å². The highest BCUT2D eigenvalue weighted by molar-refractivity contribution is 7.15. The van der Waals surface area contributed by atoms with Gasteiger partial charge in [-0.25, -0.2) is 4.98 Å². The molecule has 1 aromatic carbocycles. The molecule has 138 valence electrons. The lowest BCUT2D eigenvalue weighted by Crippen LogP contribution is -2.59. The van der Waals surface area contributed by atoms with Crippen LogP contribution in [0.1, 0.15) is 33.1 Å². The van der Waals surface area contributed by atoms with Crippen LogP contribution < -0.4 is 9.30 Å². The number of benzene rings is 1. The minimum Gasteiger partial charge on any atom is -0.497 e. The molecule has 1 aliphatic heterocycles. The molecule has 0 aliphatic carbocycles. The molecule has 1 N–H and O–H groups in total. The van der Waals surface area contributed by atoms with Gasteiger partial charge in [-0.3, -0.25) is 4.79 Å². The largest absolute Gasteiger partial charge is 0.497 e. The Kier molecular flexibility index (Phi) is 4.92. The quantitative estimate of drug-likeness (QED) is 0.677. The molecule has 6 nitrogen and oxygen atoms in total. The first-order chi connectivity index (χ1) is 13.1. The third-order valence-corrected chi connectivity index (χ3v) is 5.76. The van der Waals surface area contributed by atoms with E-state index in [2.05, 4.69) is 4.98 Å². The fourth-order valence-corrected chi connectivity index (χ4v) is 4.33. The molecule has 0 fully saturated rings. The van der Waals surface area contributed by atoms with Crippen LogP contribution in [0, 0.1) is 0 Å². The first kappa shape index (κ1) is 18.1. The molecular weight excluding hydrogens is 386 g/mol. The average molecular weight is 403 g/mol. The molecule has 0 bridgehead atoms. The molecule has 0 saturated heterocycles.